The maximum atomic E-state index is 13.1. The van der Waals surface area contributed by atoms with E-state index in [0.717, 1.165) is 22.1 Å². The van der Waals surface area contributed by atoms with Crippen LogP contribution in [0, 0.1) is 5.82 Å². The largest absolute Gasteiger partial charge is 0.308 e. The van der Waals surface area contributed by atoms with Gasteiger partial charge in [-0.1, -0.05) is 15.9 Å². The van der Waals surface area contributed by atoms with Crippen molar-refractivity contribution in [2.24, 2.45) is 0 Å². The second-order valence-corrected chi connectivity index (χ2v) is 3.54. The molecule has 1 aromatic rings. The highest BCUT2D eigenvalue weighted by molar-refractivity contribution is 9.10. The van der Waals surface area contributed by atoms with Crippen molar-refractivity contribution in [3.8, 4) is 0 Å². The van der Waals surface area contributed by atoms with Gasteiger partial charge in [0.15, 0.2) is 0 Å². The number of nitrogens with one attached hydrogen (secondary N) is 1. The number of hydrogen-bond donors (Lipinski definition) is 1. The van der Waals surface area contributed by atoms with Crippen molar-refractivity contribution in [1.29, 1.82) is 0 Å². The topological polar surface area (TPSA) is 12.0 Å². The van der Waals surface area contributed by atoms with Gasteiger partial charge in [0, 0.05) is 23.1 Å². The molecule has 4 heteroatoms. The molecule has 12 heavy (non-hydrogen) atoms. The summed E-state index contributed by atoms with van der Waals surface area (Å²) in [4.78, 5) is 0. The monoisotopic (exact) mass is 251 g/mol. The van der Waals surface area contributed by atoms with Crippen LogP contribution < -0.4 is 5.32 Å². The maximum Gasteiger partial charge on any atom is 0.129 e. The van der Waals surface area contributed by atoms with Crippen molar-refractivity contribution in [2.75, 3.05) is 0 Å². The molecule has 0 amide bonds. The van der Waals surface area contributed by atoms with Crippen LogP contribution in [0.1, 0.15) is 11.1 Å². The molecule has 0 radical (unpaired) electrons. The summed E-state index contributed by atoms with van der Waals surface area (Å²) in [6, 6.07) is 3.46. The van der Waals surface area contributed by atoms with Gasteiger partial charge in [-0.05, 0) is 17.7 Å². The lowest BCUT2D eigenvalue weighted by molar-refractivity contribution is 0.607. The fraction of sp³-hybridized carbons (Fsp3) is 0.250. The Kier molecular flexibility index (Phi) is 3.09. The summed E-state index contributed by atoms with van der Waals surface area (Å²) in [5.41, 5.74) is 1.88. The average Bonchev–Trinajstić information content (AvgIpc) is 2.34. The number of rotatable bonds is 0. The second-order valence-electron chi connectivity index (χ2n) is 2.63. The van der Waals surface area contributed by atoms with Gasteiger partial charge >= 0.3 is 0 Å². The summed E-state index contributed by atoms with van der Waals surface area (Å²) >= 11 is 3.25. The van der Waals surface area contributed by atoms with E-state index in [-0.39, 0.29) is 18.2 Å². The highest BCUT2D eigenvalue weighted by Crippen LogP contribution is 2.23. The van der Waals surface area contributed by atoms with Crippen molar-refractivity contribution >= 4 is 28.3 Å². The maximum absolute atomic E-state index is 13.1. The molecule has 0 spiro atoms. The first-order valence-corrected chi connectivity index (χ1v) is 4.24. The molecule has 2 rings (SSSR count). The Morgan fingerprint density at radius 3 is 2.83 bits per heavy atom. The normalized spacial score (nSPS) is 13.8. The van der Waals surface area contributed by atoms with Crippen LogP contribution in [-0.4, -0.2) is 0 Å². The molecule has 0 saturated carbocycles. The van der Waals surface area contributed by atoms with Gasteiger partial charge in [-0.25, -0.2) is 4.39 Å². The van der Waals surface area contributed by atoms with Crippen molar-refractivity contribution in [3.05, 3.63) is 33.5 Å². The zero-order valence-corrected chi connectivity index (χ0v) is 8.64. The first-order valence-electron chi connectivity index (χ1n) is 3.45. The lowest BCUT2D eigenvalue weighted by atomic mass is 10.1. The molecule has 0 aliphatic carbocycles. The molecule has 0 fully saturated rings. The second kappa shape index (κ2) is 3.73. The van der Waals surface area contributed by atoms with Crippen LogP contribution in [0.2, 0.25) is 0 Å². The van der Waals surface area contributed by atoms with Crippen LogP contribution in [0.5, 0.6) is 0 Å². The van der Waals surface area contributed by atoms with E-state index in [0.29, 0.717) is 6.54 Å². The summed E-state index contributed by atoms with van der Waals surface area (Å²) in [5.74, 6) is -0.112. The third-order valence-corrected chi connectivity index (χ3v) is 2.33. The Bertz CT molecular complexity index is 303. The first kappa shape index (κ1) is 9.96. The predicted molar refractivity (Wildman–Crippen MR) is 51.9 cm³/mol. The fourth-order valence-electron chi connectivity index (χ4n) is 1.33. The Labute approximate surface area is 84.9 Å². The third kappa shape index (κ3) is 1.63. The molecule has 0 bridgehead atoms. The minimum atomic E-state index is -0.112. The number of halogens is 3. The highest BCUT2D eigenvalue weighted by Gasteiger charge is 2.14. The van der Waals surface area contributed by atoms with E-state index in [4.69, 9.17) is 0 Å². The van der Waals surface area contributed by atoms with E-state index < -0.39 is 0 Å². The third-order valence-electron chi connectivity index (χ3n) is 1.87. The van der Waals surface area contributed by atoms with Crippen LogP contribution in [-0.2, 0) is 13.1 Å². The number of benzene rings is 1. The quantitative estimate of drug-likeness (QED) is 0.748. The SMILES string of the molecule is Cl.Fc1cc(Br)cc2c1CNC2. The summed E-state index contributed by atoms with van der Waals surface area (Å²) in [5, 5.41) is 3.09. The van der Waals surface area contributed by atoms with Crippen molar-refractivity contribution < 1.29 is 4.39 Å². The molecular weight excluding hydrogens is 244 g/mol. The van der Waals surface area contributed by atoms with Crippen LogP contribution in [0.4, 0.5) is 4.39 Å². The van der Waals surface area contributed by atoms with E-state index in [1.165, 1.54) is 6.07 Å². The molecule has 0 unspecified atom stereocenters. The predicted octanol–water partition coefficient (Wildman–Crippen LogP) is 2.61. The Morgan fingerprint density at radius 1 is 1.33 bits per heavy atom. The molecule has 1 N–H and O–H groups in total. The minimum Gasteiger partial charge on any atom is -0.308 e. The molecule has 0 atom stereocenters. The smallest absolute Gasteiger partial charge is 0.129 e. The lowest BCUT2D eigenvalue weighted by Crippen LogP contribution is -2.00. The van der Waals surface area contributed by atoms with Crippen LogP contribution in [0.15, 0.2) is 16.6 Å². The van der Waals surface area contributed by atoms with Crippen LogP contribution >= 0.6 is 28.3 Å². The number of hydrogen-bond acceptors (Lipinski definition) is 1. The van der Waals surface area contributed by atoms with Crippen molar-refractivity contribution in [1.82, 2.24) is 5.32 Å². The van der Waals surface area contributed by atoms with Gasteiger partial charge in [0.05, 0.1) is 0 Å². The van der Waals surface area contributed by atoms with Crippen molar-refractivity contribution in [3.63, 3.8) is 0 Å². The fourth-order valence-corrected chi connectivity index (χ4v) is 1.81. The summed E-state index contributed by atoms with van der Waals surface area (Å²) < 4.78 is 13.9. The van der Waals surface area contributed by atoms with E-state index in [2.05, 4.69) is 21.2 Å². The van der Waals surface area contributed by atoms with Gasteiger partial charge in [-0.2, -0.15) is 0 Å². The molecule has 1 aliphatic heterocycles. The molecular formula is C8H8BrClFN. The summed E-state index contributed by atoms with van der Waals surface area (Å²) in [7, 11) is 0. The Hall–Kier alpha value is -0.120. The van der Waals surface area contributed by atoms with E-state index in [1.807, 2.05) is 6.07 Å². The van der Waals surface area contributed by atoms with Gasteiger partial charge in [0.2, 0.25) is 0 Å². The van der Waals surface area contributed by atoms with E-state index in [9.17, 15) is 4.39 Å². The molecule has 0 saturated heterocycles. The van der Waals surface area contributed by atoms with E-state index >= 15 is 0 Å². The number of fused-ring (bicyclic) bond motifs is 1. The first-order chi connectivity index (χ1) is 5.27. The van der Waals surface area contributed by atoms with Gasteiger partial charge in [-0.15, -0.1) is 12.4 Å². The summed E-state index contributed by atoms with van der Waals surface area (Å²) in [6.07, 6.45) is 0. The lowest BCUT2D eigenvalue weighted by Gasteiger charge is -1.99. The Balaban J connectivity index is 0.000000720. The Morgan fingerprint density at radius 2 is 2.08 bits per heavy atom. The molecule has 1 heterocycles. The molecule has 1 aliphatic rings. The van der Waals surface area contributed by atoms with Gasteiger partial charge in [0.1, 0.15) is 5.82 Å². The van der Waals surface area contributed by atoms with Gasteiger partial charge in [0.25, 0.3) is 0 Å². The summed E-state index contributed by atoms with van der Waals surface area (Å²) in [6.45, 7) is 1.44. The minimum absolute atomic E-state index is 0. The van der Waals surface area contributed by atoms with Crippen LogP contribution in [0.3, 0.4) is 0 Å². The highest BCUT2D eigenvalue weighted by atomic mass is 79.9. The molecule has 66 valence electrons. The van der Waals surface area contributed by atoms with E-state index in [1.54, 1.807) is 0 Å². The zero-order chi connectivity index (χ0) is 7.84. The van der Waals surface area contributed by atoms with Gasteiger partial charge in [-0.3, -0.25) is 0 Å². The van der Waals surface area contributed by atoms with Gasteiger partial charge < -0.3 is 5.32 Å². The molecule has 0 aromatic heterocycles. The standard InChI is InChI=1S/C8H7BrFN.ClH/c9-6-1-5-3-11-4-7(5)8(10)2-6;/h1-2,11H,3-4H2;1H. The van der Waals surface area contributed by atoms with Crippen LogP contribution in [0.25, 0.3) is 0 Å². The zero-order valence-electron chi connectivity index (χ0n) is 6.23. The molecule has 1 aromatic carbocycles. The average molecular weight is 253 g/mol. The molecule has 1 nitrogen and oxygen atoms in total. The van der Waals surface area contributed by atoms with Crippen molar-refractivity contribution in [2.45, 2.75) is 13.1 Å².